The van der Waals surface area contributed by atoms with E-state index in [0.717, 1.165) is 68.0 Å². The molecule has 0 atom stereocenters. The Labute approximate surface area is 554 Å². The normalized spacial score (nSPS) is 14.6. The maximum atomic E-state index is 2.52. The van der Waals surface area contributed by atoms with Crippen LogP contribution in [-0.2, 0) is 10.8 Å². The largest absolute Gasteiger partial charge is 0.311 e. The first-order chi connectivity index (χ1) is 46.6. The molecule has 4 nitrogen and oxygen atoms in total. The van der Waals surface area contributed by atoms with Crippen LogP contribution in [0.15, 0.2) is 328 Å². The van der Waals surface area contributed by atoms with E-state index in [1.165, 1.54) is 131 Å². The number of benzene rings is 13. The summed E-state index contributed by atoms with van der Waals surface area (Å²) in [6, 6.07) is 121. The average Bonchev–Trinajstić information content (AvgIpc) is 1.57. The van der Waals surface area contributed by atoms with E-state index in [1.807, 2.05) is 0 Å². The summed E-state index contributed by atoms with van der Waals surface area (Å²) in [6.45, 7) is 0. The molecule has 0 aromatic heterocycles. The standard InChI is InChI=1S/C90H74N4/c1-7-23-69(24-8-1)91(74-45-37-67(38-46-74)68-41-49-76(50-42-68)93(71-27-11-3-12-28-71)79-55-57-83-81-31-15-17-33-85(81)89(87(83)63-79)59-19-5-20-60-89)73-43-35-65(36-44-73)66-39-47-75(48-40-66)92(70-25-9-2-10-26-70)77-51-53-78(54-52-77)94(72-29-13-4-14-30-72)80-56-58-84-82-32-16-18-34-86(82)90(88(84)64-80)61-21-6-22-62-90/h1-4,7-18,23-58,63-64H,5-6,19-22,59-62H2. The number of fused-ring (bicyclic) bond motifs is 10. The average molecular weight is 1210 g/mol. The minimum atomic E-state index is 0.0719. The third kappa shape index (κ3) is 10.1. The summed E-state index contributed by atoms with van der Waals surface area (Å²) in [7, 11) is 0. The number of hydrogen-bond acceptors (Lipinski definition) is 4. The minimum Gasteiger partial charge on any atom is -0.311 e. The fourth-order valence-electron chi connectivity index (χ4n) is 16.6. The van der Waals surface area contributed by atoms with Gasteiger partial charge in [-0.05, 0) is 238 Å². The Kier molecular flexibility index (Phi) is 14.7. The van der Waals surface area contributed by atoms with Gasteiger partial charge >= 0.3 is 0 Å². The van der Waals surface area contributed by atoms with Crippen molar-refractivity contribution in [2.75, 3.05) is 19.6 Å². The topological polar surface area (TPSA) is 13.0 Å². The zero-order valence-corrected chi connectivity index (χ0v) is 53.0. The van der Waals surface area contributed by atoms with Crippen molar-refractivity contribution in [2.45, 2.75) is 75.0 Å². The van der Waals surface area contributed by atoms with Gasteiger partial charge in [0.25, 0.3) is 0 Å². The molecular formula is C90H74N4. The van der Waals surface area contributed by atoms with Gasteiger partial charge in [-0.1, -0.05) is 221 Å². The summed E-state index contributed by atoms with van der Waals surface area (Å²) >= 11 is 0. The van der Waals surface area contributed by atoms with Crippen LogP contribution >= 0.6 is 0 Å². The second-order valence-electron chi connectivity index (χ2n) is 26.2. The first-order valence-electron chi connectivity index (χ1n) is 34.0. The maximum absolute atomic E-state index is 2.52. The van der Waals surface area contributed by atoms with E-state index in [4.69, 9.17) is 0 Å². The summed E-state index contributed by atoms with van der Waals surface area (Å²) < 4.78 is 0. The van der Waals surface area contributed by atoms with Crippen molar-refractivity contribution in [3.05, 3.63) is 350 Å². The second-order valence-corrected chi connectivity index (χ2v) is 26.2. The molecule has 94 heavy (non-hydrogen) atoms. The van der Waals surface area contributed by atoms with Gasteiger partial charge in [-0.2, -0.15) is 0 Å². The Balaban J connectivity index is 0.632. The molecule has 17 rings (SSSR count). The van der Waals surface area contributed by atoms with Crippen LogP contribution in [0.4, 0.5) is 68.2 Å². The smallest absolute Gasteiger partial charge is 0.0465 e. The lowest BCUT2D eigenvalue weighted by molar-refractivity contribution is 0.353. The minimum absolute atomic E-state index is 0.0719. The number of rotatable bonds is 14. The van der Waals surface area contributed by atoms with Gasteiger partial charge in [0.2, 0.25) is 0 Å². The first-order valence-corrected chi connectivity index (χ1v) is 34.0. The molecule has 2 saturated carbocycles. The van der Waals surface area contributed by atoms with Gasteiger partial charge in [0.15, 0.2) is 0 Å². The summed E-state index contributed by atoms with van der Waals surface area (Å²) in [5.74, 6) is 0. The van der Waals surface area contributed by atoms with E-state index < -0.39 is 0 Å². The summed E-state index contributed by atoms with van der Waals surface area (Å²) in [4.78, 5) is 9.58. The van der Waals surface area contributed by atoms with Crippen LogP contribution in [0.1, 0.15) is 86.5 Å². The van der Waals surface area contributed by atoms with Crippen LogP contribution < -0.4 is 19.6 Å². The van der Waals surface area contributed by atoms with Crippen LogP contribution in [0.2, 0.25) is 0 Å². The van der Waals surface area contributed by atoms with Gasteiger partial charge in [-0.25, -0.2) is 0 Å². The zero-order chi connectivity index (χ0) is 62.4. The van der Waals surface area contributed by atoms with Gasteiger partial charge < -0.3 is 19.6 Å². The molecule has 13 aromatic rings. The molecule has 13 aromatic carbocycles. The number of nitrogens with zero attached hydrogens (tertiary/aromatic N) is 4. The fourth-order valence-corrected chi connectivity index (χ4v) is 16.6. The molecule has 2 spiro atoms. The summed E-state index contributed by atoms with van der Waals surface area (Å²) in [5, 5.41) is 0. The van der Waals surface area contributed by atoms with Crippen molar-refractivity contribution in [1.82, 2.24) is 0 Å². The van der Waals surface area contributed by atoms with Gasteiger partial charge in [0.05, 0.1) is 0 Å². The van der Waals surface area contributed by atoms with Gasteiger partial charge in [0, 0.05) is 79.1 Å². The van der Waals surface area contributed by atoms with E-state index in [2.05, 4.69) is 347 Å². The van der Waals surface area contributed by atoms with E-state index in [1.54, 1.807) is 0 Å². The molecule has 4 aliphatic rings. The predicted molar refractivity (Wildman–Crippen MR) is 395 cm³/mol. The molecule has 0 amide bonds. The fraction of sp³-hybridized carbons (Fsp3) is 0.133. The monoisotopic (exact) mass is 1210 g/mol. The van der Waals surface area contributed by atoms with Crippen LogP contribution in [-0.4, -0.2) is 0 Å². The molecule has 0 unspecified atom stereocenters. The highest BCUT2D eigenvalue weighted by atomic mass is 15.2. The third-order valence-corrected chi connectivity index (χ3v) is 21.0. The summed E-state index contributed by atoms with van der Waals surface area (Å²) in [6.07, 6.45) is 12.5. The number of anilines is 12. The lowest BCUT2D eigenvalue weighted by atomic mass is 9.68. The van der Waals surface area contributed by atoms with Crippen LogP contribution in [0, 0.1) is 0 Å². The van der Waals surface area contributed by atoms with E-state index in [0.29, 0.717) is 0 Å². The van der Waals surface area contributed by atoms with Crippen LogP contribution in [0.5, 0.6) is 0 Å². The van der Waals surface area contributed by atoms with Crippen molar-refractivity contribution in [2.24, 2.45) is 0 Å². The molecule has 0 radical (unpaired) electrons. The Bertz CT molecular complexity index is 4800. The molecule has 0 aliphatic heterocycles. The Morgan fingerprint density at radius 3 is 0.670 bits per heavy atom. The number of hydrogen-bond donors (Lipinski definition) is 0. The molecule has 454 valence electrons. The van der Waals surface area contributed by atoms with Crippen LogP contribution in [0.25, 0.3) is 44.5 Å². The van der Waals surface area contributed by atoms with Crippen molar-refractivity contribution < 1.29 is 0 Å². The molecule has 0 N–H and O–H groups in total. The van der Waals surface area contributed by atoms with Crippen molar-refractivity contribution in [3.63, 3.8) is 0 Å². The third-order valence-electron chi connectivity index (χ3n) is 21.0. The van der Waals surface area contributed by atoms with E-state index >= 15 is 0 Å². The van der Waals surface area contributed by atoms with Gasteiger partial charge in [-0.15, -0.1) is 0 Å². The maximum Gasteiger partial charge on any atom is 0.0465 e. The Morgan fingerprint density at radius 1 is 0.170 bits per heavy atom. The molecule has 0 heterocycles. The van der Waals surface area contributed by atoms with Gasteiger partial charge in [-0.3, -0.25) is 0 Å². The molecule has 2 fully saturated rings. The second kappa shape index (κ2) is 24.3. The van der Waals surface area contributed by atoms with Crippen molar-refractivity contribution in [3.8, 4) is 44.5 Å². The quantitative estimate of drug-likeness (QED) is 0.108. The Hall–Kier alpha value is -10.9. The lowest BCUT2D eigenvalue weighted by Crippen LogP contribution is -2.28. The van der Waals surface area contributed by atoms with Gasteiger partial charge in [0.1, 0.15) is 0 Å². The van der Waals surface area contributed by atoms with Crippen LogP contribution in [0.3, 0.4) is 0 Å². The molecule has 0 bridgehead atoms. The highest BCUT2D eigenvalue weighted by molar-refractivity contribution is 5.90. The van der Waals surface area contributed by atoms with Crippen molar-refractivity contribution >= 4 is 68.2 Å². The lowest BCUT2D eigenvalue weighted by Gasteiger charge is -2.36. The highest BCUT2D eigenvalue weighted by Gasteiger charge is 2.45. The van der Waals surface area contributed by atoms with E-state index in [-0.39, 0.29) is 10.8 Å². The zero-order valence-electron chi connectivity index (χ0n) is 53.0. The van der Waals surface area contributed by atoms with Crippen molar-refractivity contribution in [1.29, 1.82) is 0 Å². The molecular weight excluding hydrogens is 1140 g/mol. The Morgan fingerprint density at radius 2 is 0.383 bits per heavy atom. The number of para-hydroxylation sites is 4. The first kappa shape index (κ1) is 57.0. The molecule has 0 saturated heterocycles. The summed E-state index contributed by atoms with van der Waals surface area (Å²) in [5.41, 5.74) is 30.0. The molecule has 4 aliphatic carbocycles. The highest BCUT2D eigenvalue weighted by Crippen LogP contribution is 2.59. The van der Waals surface area contributed by atoms with E-state index in [9.17, 15) is 0 Å². The molecule has 4 heteroatoms. The predicted octanol–water partition coefficient (Wildman–Crippen LogP) is 25.4. The SMILES string of the molecule is c1ccc(N(c2ccc(-c3ccc(N(c4ccccc4)c4ccc(N(c5ccccc5)c5ccc6c(c5)C5(CCCCC5)c5ccccc5-6)cc4)cc3)cc2)c2ccc(-c3ccc(N(c4ccccc4)c4ccc5c(c4)C4(CCCCC4)c4ccccc4-5)cc3)cc2)cc1.